The van der Waals surface area contributed by atoms with Crippen molar-refractivity contribution in [3.8, 4) is 5.75 Å². The maximum atomic E-state index is 11.7. The van der Waals surface area contributed by atoms with Gasteiger partial charge in [0.25, 0.3) is 0 Å². The second-order valence-corrected chi connectivity index (χ2v) is 4.67. The number of carbonyl (C=O) groups excluding carboxylic acids is 1. The number of imidazole rings is 1. The lowest BCUT2D eigenvalue weighted by molar-refractivity contribution is 0.0592. The highest BCUT2D eigenvalue weighted by Crippen LogP contribution is 2.20. The minimum atomic E-state index is -0.410. The van der Waals surface area contributed by atoms with Crippen LogP contribution in [-0.4, -0.2) is 27.6 Å². The van der Waals surface area contributed by atoms with Gasteiger partial charge in [0.05, 0.1) is 12.8 Å². The van der Waals surface area contributed by atoms with E-state index >= 15 is 0 Å². The molecule has 2 aromatic heterocycles. The van der Waals surface area contributed by atoms with Gasteiger partial charge in [-0.25, -0.2) is 9.78 Å². The molecule has 0 spiro atoms. The van der Waals surface area contributed by atoms with Gasteiger partial charge in [0, 0.05) is 12.6 Å². The maximum absolute atomic E-state index is 11.7. The predicted octanol–water partition coefficient (Wildman–Crippen LogP) is 2.42. The highest BCUT2D eigenvalue weighted by molar-refractivity contribution is 5.88. The molecule has 0 aliphatic heterocycles. The number of carbonyl (C=O) groups is 1. The highest BCUT2D eigenvalue weighted by atomic mass is 16.5. The Labute approximate surface area is 121 Å². The molecule has 106 valence electrons. The van der Waals surface area contributed by atoms with Crippen LogP contribution in [0.2, 0.25) is 0 Å². The number of fused-ring (bicyclic) bond motifs is 1. The quantitative estimate of drug-likeness (QED) is 0.749. The van der Waals surface area contributed by atoms with E-state index in [-0.39, 0.29) is 5.75 Å². The van der Waals surface area contributed by atoms with Crippen LogP contribution in [0.1, 0.15) is 21.7 Å². The number of methoxy groups -OCH3 is 1. The van der Waals surface area contributed by atoms with E-state index in [0.29, 0.717) is 17.8 Å². The average Bonchev–Trinajstić information content (AvgIpc) is 2.91. The number of ether oxygens (including phenoxy) is 1. The zero-order valence-electron chi connectivity index (χ0n) is 11.5. The van der Waals surface area contributed by atoms with Crippen molar-refractivity contribution in [1.82, 2.24) is 9.38 Å². The van der Waals surface area contributed by atoms with Gasteiger partial charge in [-0.3, -0.25) is 4.40 Å². The monoisotopic (exact) mass is 282 g/mol. The molecule has 0 saturated heterocycles. The Bertz CT molecular complexity index is 808. The molecule has 1 N–H and O–H groups in total. The van der Waals surface area contributed by atoms with Crippen LogP contribution in [0.4, 0.5) is 0 Å². The Morgan fingerprint density at radius 1 is 1.24 bits per heavy atom. The Kier molecular flexibility index (Phi) is 3.31. The molecule has 0 amide bonds. The molecule has 21 heavy (non-hydrogen) atoms. The third-order valence-electron chi connectivity index (χ3n) is 3.30. The van der Waals surface area contributed by atoms with E-state index in [9.17, 15) is 9.90 Å². The summed E-state index contributed by atoms with van der Waals surface area (Å²) in [5.74, 6) is -0.171. The van der Waals surface area contributed by atoms with Crippen LogP contribution in [0.3, 0.4) is 0 Å². The van der Waals surface area contributed by atoms with Gasteiger partial charge in [-0.1, -0.05) is 24.3 Å². The van der Waals surface area contributed by atoms with Crippen molar-refractivity contribution in [2.24, 2.45) is 0 Å². The van der Waals surface area contributed by atoms with Crippen LogP contribution in [0, 0.1) is 0 Å². The molecule has 0 unspecified atom stereocenters. The van der Waals surface area contributed by atoms with Gasteiger partial charge in [-0.05, 0) is 23.8 Å². The standard InChI is InChI=1S/C16H14N2O3/c1-21-16(20)13-6-4-8-15-17-12(10-18(13)15)9-11-5-2-3-7-14(11)19/h2-8,10,19H,9H2,1H3. The number of hydrogen-bond acceptors (Lipinski definition) is 4. The summed E-state index contributed by atoms with van der Waals surface area (Å²) in [6.07, 6.45) is 2.28. The summed E-state index contributed by atoms with van der Waals surface area (Å²) >= 11 is 0. The first-order valence-electron chi connectivity index (χ1n) is 6.51. The molecular formula is C16H14N2O3. The normalized spacial score (nSPS) is 10.7. The molecule has 0 radical (unpaired) electrons. The van der Waals surface area contributed by atoms with Crippen LogP contribution < -0.4 is 0 Å². The number of nitrogens with zero attached hydrogens (tertiary/aromatic N) is 2. The number of benzene rings is 1. The molecular weight excluding hydrogens is 268 g/mol. The van der Waals surface area contributed by atoms with Gasteiger partial charge < -0.3 is 9.84 Å². The van der Waals surface area contributed by atoms with E-state index in [1.807, 2.05) is 18.2 Å². The number of para-hydroxylation sites is 1. The van der Waals surface area contributed by atoms with Crippen molar-refractivity contribution in [3.63, 3.8) is 0 Å². The van der Waals surface area contributed by atoms with Gasteiger partial charge in [0.1, 0.15) is 17.1 Å². The van der Waals surface area contributed by atoms with Crippen LogP contribution in [0.5, 0.6) is 5.75 Å². The van der Waals surface area contributed by atoms with Gasteiger partial charge in [-0.15, -0.1) is 0 Å². The molecule has 0 saturated carbocycles. The fourth-order valence-electron chi connectivity index (χ4n) is 2.27. The van der Waals surface area contributed by atoms with Crippen LogP contribution in [0.25, 0.3) is 5.65 Å². The molecule has 3 aromatic rings. The third-order valence-corrected chi connectivity index (χ3v) is 3.30. The van der Waals surface area contributed by atoms with E-state index < -0.39 is 5.97 Å². The topological polar surface area (TPSA) is 63.8 Å². The zero-order chi connectivity index (χ0) is 14.8. The smallest absolute Gasteiger partial charge is 0.355 e. The predicted molar refractivity (Wildman–Crippen MR) is 77.4 cm³/mol. The lowest BCUT2D eigenvalue weighted by Crippen LogP contribution is -2.06. The van der Waals surface area contributed by atoms with E-state index in [1.165, 1.54) is 7.11 Å². The summed E-state index contributed by atoms with van der Waals surface area (Å²) < 4.78 is 6.46. The van der Waals surface area contributed by atoms with Crippen molar-refractivity contribution in [3.05, 3.63) is 65.6 Å². The number of phenols is 1. The fraction of sp³-hybridized carbons (Fsp3) is 0.125. The highest BCUT2D eigenvalue weighted by Gasteiger charge is 2.12. The van der Waals surface area contributed by atoms with Gasteiger partial charge in [0.15, 0.2) is 0 Å². The number of hydrogen-bond donors (Lipinski definition) is 1. The Morgan fingerprint density at radius 3 is 2.81 bits per heavy atom. The minimum absolute atomic E-state index is 0.239. The first-order chi connectivity index (χ1) is 10.2. The van der Waals surface area contributed by atoms with E-state index in [1.54, 1.807) is 34.9 Å². The summed E-state index contributed by atoms with van der Waals surface area (Å²) in [6.45, 7) is 0. The molecule has 3 rings (SSSR count). The molecule has 5 heteroatoms. The first kappa shape index (κ1) is 13.2. The van der Waals surface area contributed by atoms with Crippen LogP contribution in [0.15, 0.2) is 48.7 Å². The molecule has 0 aliphatic carbocycles. The SMILES string of the molecule is COC(=O)c1cccc2nc(Cc3ccccc3O)cn12. The van der Waals surface area contributed by atoms with Crippen LogP contribution in [-0.2, 0) is 11.2 Å². The first-order valence-corrected chi connectivity index (χ1v) is 6.51. The fourth-order valence-corrected chi connectivity index (χ4v) is 2.27. The van der Waals surface area contributed by atoms with Crippen molar-refractivity contribution in [2.75, 3.05) is 7.11 Å². The van der Waals surface area contributed by atoms with E-state index in [2.05, 4.69) is 4.98 Å². The Balaban J connectivity index is 2.02. The second kappa shape index (κ2) is 5.28. The third kappa shape index (κ3) is 2.45. The van der Waals surface area contributed by atoms with Crippen LogP contribution >= 0.6 is 0 Å². The molecule has 2 heterocycles. The molecule has 5 nitrogen and oxygen atoms in total. The van der Waals surface area contributed by atoms with Gasteiger partial charge in [0.2, 0.25) is 0 Å². The van der Waals surface area contributed by atoms with E-state index in [0.717, 1.165) is 11.3 Å². The summed E-state index contributed by atoms with van der Waals surface area (Å²) in [6, 6.07) is 12.4. The molecule has 0 bridgehead atoms. The molecule has 0 fully saturated rings. The number of aromatic nitrogens is 2. The van der Waals surface area contributed by atoms with Crippen molar-refractivity contribution in [2.45, 2.75) is 6.42 Å². The Hall–Kier alpha value is -2.82. The maximum Gasteiger partial charge on any atom is 0.355 e. The summed E-state index contributed by atoms with van der Waals surface area (Å²) in [4.78, 5) is 16.2. The molecule has 0 atom stereocenters. The summed E-state index contributed by atoms with van der Waals surface area (Å²) in [7, 11) is 1.35. The lowest BCUT2D eigenvalue weighted by atomic mass is 10.1. The number of esters is 1. The average molecular weight is 282 g/mol. The summed E-state index contributed by atoms with van der Waals surface area (Å²) in [5, 5.41) is 9.82. The van der Waals surface area contributed by atoms with Gasteiger partial charge >= 0.3 is 5.97 Å². The largest absolute Gasteiger partial charge is 0.508 e. The number of pyridine rings is 1. The van der Waals surface area contributed by atoms with Crippen molar-refractivity contribution >= 4 is 11.6 Å². The lowest BCUT2D eigenvalue weighted by Gasteiger charge is -2.02. The second-order valence-electron chi connectivity index (χ2n) is 4.67. The Morgan fingerprint density at radius 2 is 2.05 bits per heavy atom. The minimum Gasteiger partial charge on any atom is -0.508 e. The van der Waals surface area contributed by atoms with Crippen molar-refractivity contribution < 1.29 is 14.6 Å². The number of phenolic OH excluding ortho intramolecular Hbond substituents is 1. The van der Waals surface area contributed by atoms with Crippen molar-refractivity contribution in [1.29, 1.82) is 0 Å². The number of rotatable bonds is 3. The zero-order valence-corrected chi connectivity index (χ0v) is 11.5. The van der Waals surface area contributed by atoms with Gasteiger partial charge in [-0.2, -0.15) is 0 Å². The molecule has 0 aliphatic rings. The molecule has 1 aromatic carbocycles. The number of aromatic hydroxyl groups is 1. The van der Waals surface area contributed by atoms with E-state index in [4.69, 9.17) is 4.74 Å². The summed E-state index contributed by atoms with van der Waals surface area (Å²) in [5.41, 5.74) is 2.66.